The monoisotopic (exact) mass is 376 g/mol. The molecule has 0 fully saturated rings. The molecule has 0 saturated carbocycles. The van der Waals surface area contributed by atoms with E-state index in [0.29, 0.717) is 5.56 Å². The van der Waals surface area contributed by atoms with Crippen LogP contribution < -0.4 is 0 Å². The lowest BCUT2D eigenvalue weighted by Gasteiger charge is -2.12. The van der Waals surface area contributed by atoms with Gasteiger partial charge in [0.15, 0.2) is 5.78 Å². The number of benzene rings is 5. The SMILES string of the molecule is O=C(O)c1ccccc1C(=O)c1ccc2c3ccccc3c3ccccc3c2c1. The van der Waals surface area contributed by atoms with Crippen LogP contribution in [0, 0.1) is 0 Å². The smallest absolute Gasteiger partial charge is 0.336 e. The van der Waals surface area contributed by atoms with Crippen LogP contribution in [0.5, 0.6) is 0 Å². The van der Waals surface area contributed by atoms with Gasteiger partial charge in [-0.3, -0.25) is 4.79 Å². The summed E-state index contributed by atoms with van der Waals surface area (Å²) in [7, 11) is 0. The molecule has 1 N–H and O–H groups in total. The fraction of sp³-hybridized carbons (Fsp3) is 0. The van der Waals surface area contributed by atoms with E-state index in [9.17, 15) is 14.7 Å². The Labute approximate surface area is 166 Å². The molecular formula is C26H16O3. The molecule has 5 aromatic rings. The standard InChI is InChI=1S/C26H16O3/c27-25(22-11-5-6-12-23(22)26(28)29)16-13-14-21-19-9-2-1-7-17(19)18-8-3-4-10-20(18)24(21)15-16/h1-15H,(H,28,29). The molecular weight excluding hydrogens is 360 g/mol. The maximum atomic E-state index is 13.2. The van der Waals surface area contributed by atoms with Gasteiger partial charge in [0.05, 0.1) is 5.56 Å². The molecule has 29 heavy (non-hydrogen) atoms. The minimum Gasteiger partial charge on any atom is -0.478 e. The lowest BCUT2D eigenvalue weighted by Crippen LogP contribution is -2.09. The molecule has 0 bridgehead atoms. The maximum absolute atomic E-state index is 13.2. The largest absolute Gasteiger partial charge is 0.478 e. The van der Waals surface area contributed by atoms with Crippen LogP contribution in [-0.2, 0) is 0 Å². The van der Waals surface area contributed by atoms with Gasteiger partial charge < -0.3 is 5.11 Å². The van der Waals surface area contributed by atoms with Crippen molar-refractivity contribution < 1.29 is 14.7 Å². The summed E-state index contributed by atoms with van der Waals surface area (Å²) in [6, 6.07) is 28.3. The number of carboxylic acid groups (broad SMARTS) is 1. The zero-order valence-electron chi connectivity index (χ0n) is 15.4. The first kappa shape index (κ1) is 17.1. The third kappa shape index (κ3) is 2.67. The highest BCUT2D eigenvalue weighted by Gasteiger charge is 2.18. The average Bonchev–Trinajstić information content (AvgIpc) is 2.78. The lowest BCUT2D eigenvalue weighted by atomic mass is 9.91. The zero-order valence-corrected chi connectivity index (χ0v) is 15.4. The summed E-state index contributed by atoms with van der Waals surface area (Å²) >= 11 is 0. The van der Waals surface area contributed by atoms with Crippen molar-refractivity contribution in [2.75, 3.05) is 0 Å². The molecule has 0 saturated heterocycles. The number of hydrogen-bond donors (Lipinski definition) is 1. The molecule has 0 unspecified atom stereocenters. The van der Waals surface area contributed by atoms with Crippen molar-refractivity contribution in [3.63, 3.8) is 0 Å². The van der Waals surface area contributed by atoms with Crippen molar-refractivity contribution in [1.29, 1.82) is 0 Å². The first-order valence-electron chi connectivity index (χ1n) is 9.35. The molecule has 0 heterocycles. The normalized spacial score (nSPS) is 11.2. The Morgan fingerprint density at radius 1 is 0.517 bits per heavy atom. The minimum atomic E-state index is -1.11. The molecule has 0 aliphatic rings. The van der Waals surface area contributed by atoms with Crippen LogP contribution in [0.15, 0.2) is 91.0 Å². The van der Waals surface area contributed by atoms with Crippen LogP contribution in [-0.4, -0.2) is 16.9 Å². The van der Waals surface area contributed by atoms with E-state index in [2.05, 4.69) is 24.3 Å². The van der Waals surface area contributed by atoms with E-state index in [1.807, 2.05) is 36.4 Å². The summed E-state index contributed by atoms with van der Waals surface area (Å²) in [5, 5.41) is 16.0. The molecule has 0 aromatic heterocycles. The second-order valence-electron chi connectivity index (χ2n) is 7.03. The molecule has 5 rings (SSSR count). The molecule has 0 atom stereocenters. The molecule has 138 valence electrons. The second kappa shape index (κ2) is 6.57. The van der Waals surface area contributed by atoms with E-state index >= 15 is 0 Å². The number of fused-ring (bicyclic) bond motifs is 6. The van der Waals surface area contributed by atoms with Crippen molar-refractivity contribution in [2.45, 2.75) is 0 Å². The summed E-state index contributed by atoms with van der Waals surface area (Å²) in [5.74, 6) is -1.40. The Hall–Kier alpha value is -3.98. The minimum absolute atomic E-state index is 0.0148. The van der Waals surface area contributed by atoms with E-state index in [0.717, 1.165) is 26.9 Å². The van der Waals surface area contributed by atoms with Crippen LogP contribution in [0.1, 0.15) is 26.3 Å². The van der Waals surface area contributed by atoms with Crippen molar-refractivity contribution in [3.05, 3.63) is 108 Å². The van der Waals surface area contributed by atoms with Gasteiger partial charge in [-0.05, 0) is 44.5 Å². The summed E-state index contributed by atoms with van der Waals surface area (Å²) in [6.45, 7) is 0. The van der Waals surface area contributed by atoms with Crippen molar-refractivity contribution >= 4 is 44.1 Å². The van der Waals surface area contributed by atoms with E-state index in [-0.39, 0.29) is 16.9 Å². The van der Waals surface area contributed by atoms with Crippen LogP contribution in [0.2, 0.25) is 0 Å². The van der Waals surface area contributed by atoms with Gasteiger partial charge in [-0.15, -0.1) is 0 Å². The van der Waals surface area contributed by atoms with Crippen LogP contribution >= 0.6 is 0 Å². The predicted octanol–water partition coefficient (Wildman–Crippen LogP) is 6.08. The Morgan fingerprint density at radius 2 is 0.966 bits per heavy atom. The highest BCUT2D eigenvalue weighted by molar-refractivity contribution is 6.26. The van der Waals surface area contributed by atoms with Gasteiger partial charge in [-0.2, -0.15) is 0 Å². The highest BCUT2D eigenvalue weighted by atomic mass is 16.4. The van der Waals surface area contributed by atoms with Gasteiger partial charge in [0, 0.05) is 11.1 Å². The van der Waals surface area contributed by atoms with Crippen LogP contribution in [0.4, 0.5) is 0 Å². The molecule has 0 radical (unpaired) electrons. The molecule has 3 nitrogen and oxygen atoms in total. The number of rotatable bonds is 3. The van der Waals surface area contributed by atoms with Crippen LogP contribution in [0.25, 0.3) is 32.3 Å². The molecule has 0 aliphatic heterocycles. The van der Waals surface area contributed by atoms with Gasteiger partial charge in [0.2, 0.25) is 0 Å². The number of aromatic carboxylic acids is 1. The van der Waals surface area contributed by atoms with Gasteiger partial charge in [0.25, 0.3) is 0 Å². The highest BCUT2D eigenvalue weighted by Crippen LogP contribution is 2.35. The number of carbonyl (C=O) groups is 2. The summed E-state index contributed by atoms with van der Waals surface area (Å²) in [4.78, 5) is 24.7. The van der Waals surface area contributed by atoms with E-state index in [1.54, 1.807) is 24.3 Å². The van der Waals surface area contributed by atoms with E-state index in [1.165, 1.54) is 11.5 Å². The van der Waals surface area contributed by atoms with Crippen LogP contribution in [0.3, 0.4) is 0 Å². The van der Waals surface area contributed by atoms with E-state index in [4.69, 9.17) is 0 Å². The number of carboxylic acids is 1. The van der Waals surface area contributed by atoms with E-state index < -0.39 is 5.97 Å². The third-order valence-corrected chi connectivity index (χ3v) is 5.41. The zero-order chi connectivity index (χ0) is 20.0. The third-order valence-electron chi connectivity index (χ3n) is 5.41. The molecule has 0 aliphatic carbocycles. The number of ketones is 1. The van der Waals surface area contributed by atoms with Gasteiger partial charge in [-0.1, -0.05) is 78.9 Å². The number of carbonyl (C=O) groups excluding carboxylic acids is 1. The average molecular weight is 376 g/mol. The van der Waals surface area contributed by atoms with Gasteiger partial charge >= 0.3 is 5.97 Å². The van der Waals surface area contributed by atoms with Gasteiger partial charge in [-0.25, -0.2) is 4.79 Å². The topological polar surface area (TPSA) is 54.4 Å². The predicted molar refractivity (Wildman–Crippen MR) is 116 cm³/mol. The number of hydrogen-bond acceptors (Lipinski definition) is 2. The summed E-state index contributed by atoms with van der Waals surface area (Å²) in [6.07, 6.45) is 0. The Balaban J connectivity index is 1.81. The lowest BCUT2D eigenvalue weighted by molar-refractivity contribution is 0.0693. The fourth-order valence-electron chi connectivity index (χ4n) is 4.07. The first-order chi connectivity index (χ1) is 14.1. The molecule has 5 aromatic carbocycles. The Bertz CT molecular complexity index is 1410. The Morgan fingerprint density at radius 3 is 1.52 bits per heavy atom. The molecule has 0 spiro atoms. The van der Waals surface area contributed by atoms with Crippen molar-refractivity contribution in [1.82, 2.24) is 0 Å². The summed E-state index contributed by atoms with van der Waals surface area (Å²) in [5.41, 5.74) is 0.692. The van der Waals surface area contributed by atoms with Crippen molar-refractivity contribution in [3.8, 4) is 0 Å². The first-order valence-corrected chi connectivity index (χ1v) is 9.35. The molecule has 3 heteroatoms. The quantitative estimate of drug-likeness (QED) is 0.307. The maximum Gasteiger partial charge on any atom is 0.336 e. The van der Waals surface area contributed by atoms with Gasteiger partial charge in [0.1, 0.15) is 0 Å². The Kier molecular flexibility index (Phi) is 3.88. The molecule has 0 amide bonds. The fourth-order valence-corrected chi connectivity index (χ4v) is 4.07. The van der Waals surface area contributed by atoms with Crippen molar-refractivity contribution in [2.24, 2.45) is 0 Å². The summed E-state index contributed by atoms with van der Waals surface area (Å²) < 4.78 is 0. The second-order valence-corrected chi connectivity index (χ2v) is 7.03.